The van der Waals surface area contributed by atoms with Crippen molar-refractivity contribution in [2.24, 2.45) is 0 Å². The molecule has 0 saturated heterocycles. The van der Waals surface area contributed by atoms with E-state index in [2.05, 4.69) is 58.5 Å². The molecule has 0 aliphatic heterocycles. The lowest BCUT2D eigenvalue weighted by Gasteiger charge is -1.94. The van der Waals surface area contributed by atoms with Gasteiger partial charge in [-0.25, -0.2) is 0 Å². The first-order valence-electron chi connectivity index (χ1n) is 6.73. The van der Waals surface area contributed by atoms with Crippen molar-refractivity contribution in [1.82, 2.24) is 9.97 Å². The fourth-order valence-corrected chi connectivity index (χ4v) is 3.16. The Balaban J connectivity index is 2.10. The third-order valence-corrected chi connectivity index (χ3v) is 4.08. The van der Waals surface area contributed by atoms with Crippen molar-refractivity contribution in [2.75, 3.05) is 0 Å². The predicted molar refractivity (Wildman–Crippen MR) is 84.0 cm³/mol. The summed E-state index contributed by atoms with van der Waals surface area (Å²) in [5.74, 6) is 0. The van der Waals surface area contributed by atoms with Crippen molar-refractivity contribution in [2.45, 2.75) is 0 Å². The molecule has 2 heterocycles. The molecule has 5 aromatic rings. The van der Waals surface area contributed by atoms with Gasteiger partial charge in [-0.3, -0.25) is 0 Å². The highest BCUT2D eigenvalue weighted by atomic mass is 14.8. The van der Waals surface area contributed by atoms with Crippen LogP contribution in [0.4, 0.5) is 0 Å². The number of aromatic nitrogens is 2. The van der Waals surface area contributed by atoms with Crippen molar-refractivity contribution in [3.63, 3.8) is 0 Å². The fraction of sp³-hybridized carbons (Fsp3) is 0. The first kappa shape index (κ1) is 10.1. The third kappa shape index (κ3) is 1.14. The van der Waals surface area contributed by atoms with Crippen LogP contribution >= 0.6 is 0 Å². The van der Waals surface area contributed by atoms with Crippen LogP contribution in [0.3, 0.4) is 0 Å². The molecule has 2 aromatic heterocycles. The van der Waals surface area contributed by atoms with Gasteiger partial charge in [0.25, 0.3) is 0 Å². The monoisotopic (exact) mass is 255 g/mol. The highest BCUT2D eigenvalue weighted by Gasteiger charge is 2.10. The molecule has 2 nitrogen and oxygen atoms in total. The fourth-order valence-electron chi connectivity index (χ4n) is 3.16. The van der Waals surface area contributed by atoms with Gasteiger partial charge in [0.15, 0.2) is 0 Å². The SMILES string of the molecule is [c]1cccc2c1[nH]c1c2ccc2c3ccccc3[nH]c21. The van der Waals surface area contributed by atoms with E-state index in [-0.39, 0.29) is 0 Å². The van der Waals surface area contributed by atoms with E-state index in [1.54, 1.807) is 0 Å². The minimum atomic E-state index is 1.06. The average Bonchev–Trinajstić information content (AvgIpc) is 3.05. The van der Waals surface area contributed by atoms with Crippen LogP contribution in [0.1, 0.15) is 0 Å². The van der Waals surface area contributed by atoms with Gasteiger partial charge in [0.1, 0.15) is 0 Å². The molecule has 0 bridgehead atoms. The Kier molecular flexibility index (Phi) is 1.73. The van der Waals surface area contributed by atoms with Crippen LogP contribution < -0.4 is 0 Å². The molecule has 2 N–H and O–H groups in total. The van der Waals surface area contributed by atoms with Crippen LogP contribution in [0.5, 0.6) is 0 Å². The van der Waals surface area contributed by atoms with Crippen LogP contribution in [0.25, 0.3) is 43.6 Å². The summed E-state index contributed by atoms with van der Waals surface area (Å²) in [6, 6.07) is 22.2. The number of rotatable bonds is 0. The molecule has 5 rings (SSSR count). The third-order valence-electron chi connectivity index (χ3n) is 4.08. The number of fused-ring (bicyclic) bond motifs is 7. The van der Waals surface area contributed by atoms with Crippen LogP contribution in [0.2, 0.25) is 0 Å². The van der Waals surface area contributed by atoms with Gasteiger partial charge in [-0.1, -0.05) is 48.5 Å². The molecule has 0 atom stereocenters. The first-order chi connectivity index (χ1) is 9.92. The molecule has 0 unspecified atom stereocenters. The molecule has 20 heavy (non-hydrogen) atoms. The van der Waals surface area contributed by atoms with Gasteiger partial charge in [-0.2, -0.15) is 0 Å². The molecule has 0 spiro atoms. The van der Waals surface area contributed by atoms with Crippen LogP contribution in [-0.4, -0.2) is 9.97 Å². The second-order valence-corrected chi connectivity index (χ2v) is 5.17. The zero-order valence-corrected chi connectivity index (χ0v) is 10.7. The number of nitrogens with one attached hydrogen (secondary N) is 2. The van der Waals surface area contributed by atoms with Crippen molar-refractivity contribution in [3.8, 4) is 0 Å². The predicted octanol–water partition coefficient (Wildman–Crippen LogP) is 4.76. The van der Waals surface area contributed by atoms with Gasteiger partial charge in [0.2, 0.25) is 0 Å². The van der Waals surface area contributed by atoms with Gasteiger partial charge in [0, 0.05) is 33.1 Å². The maximum Gasteiger partial charge on any atom is 0.0710 e. The average molecular weight is 255 g/mol. The standard InChI is InChI=1S/C18H11N2/c1-3-7-15-11(5-1)13-9-10-14-12-6-2-4-8-16(12)20-18(14)17(13)19-15/h1-7,9-10,19-20H. The van der Waals surface area contributed by atoms with E-state index in [0.717, 1.165) is 11.0 Å². The number of hydrogen-bond donors (Lipinski definition) is 2. The lowest BCUT2D eigenvalue weighted by molar-refractivity contribution is 1.51. The molecule has 3 aromatic carbocycles. The lowest BCUT2D eigenvalue weighted by atomic mass is 10.1. The smallest absolute Gasteiger partial charge is 0.0710 e. The van der Waals surface area contributed by atoms with Crippen molar-refractivity contribution in [3.05, 3.63) is 60.7 Å². The number of hydrogen-bond acceptors (Lipinski definition) is 0. The molecular weight excluding hydrogens is 244 g/mol. The van der Waals surface area contributed by atoms with Gasteiger partial charge >= 0.3 is 0 Å². The zero-order valence-electron chi connectivity index (χ0n) is 10.7. The largest absolute Gasteiger partial charge is 0.353 e. The highest BCUT2D eigenvalue weighted by Crippen LogP contribution is 2.34. The molecule has 0 fully saturated rings. The van der Waals surface area contributed by atoms with E-state index >= 15 is 0 Å². The number of para-hydroxylation sites is 2. The molecular formula is C18H11N2. The Bertz CT molecular complexity index is 1010. The maximum absolute atomic E-state index is 3.54. The van der Waals surface area contributed by atoms with Crippen LogP contribution in [-0.2, 0) is 0 Å². The van der Waals surface area contributed by atoms with Crippen molar-refractivity contribution >= 4 is 43.6 Å². The van der Waals surface area contributed by atoms with Gasteiger partial charge in [-0.05, 0) is 6.07 Å². The highest BCUT2D eigenvalue weighted by molar-refractivity contribution is 6.21. The Morgan fingerprint density at radius 2 is 1.40 bits per heavy atom. The molecule has 0 aliphatic carbocycles. The summed E-state index contributed by atoms with van der Waals surface area (Å²) >= 11 is 0. The summed E-state index contributed by atoms with van der Waals surface area (Å²) in [5, 5.41) is 5.01. The maximum atomic E-state index is 3.54. The topological polar surface area (TPSA) is 31.6 Å². The summed E-state index contributed by atoms with van der Waals surface area (Å²) in [6.07, 6.45) is 0. The number of H-pyrrole nitrogens is 2. The molecule has 93 valence electrons. The summed E-state index contributed by atoms with van der Waals surface area (Å²) in [5.41, 5.74) is 4.58. The summed E-state index contributed by atoms with van der Waals surface area (Å²) in [7, 11) is 0. The van der Waals surface area contributed by atoms with E-state index in [4.69, 9.17) is 0 Å². The van der Waals surface area contributed by atoms with Crippen LogP contribution in [0.15, 0.2) is 54.6 Å². The number of aromatic amines is 2. The molecule has 2 heteroatoms. The minimum Gasteiger partial charge on any atom is -0.353 e. The van der Waals surface area contributed by atoms with Gasteiger partial charge in [0.05, 0.1) is 16.6 Å². The van der Waals surface area contributed by atoms with E-state index in [0.29, 0.717) is 0 Å². The summed E-state index contributed by atoms with van der Waals surface area (Å²) in [6.45, 7) is 0. The quantitative estimate of drug-likeness (QED) is 0.400. The van der Waals surface area contributed by atoms with E-state index < -0.39 is 0 Å². The second kappa shape index (κ2) is 3.42. The summed E-state index contributed by atoms with van der Waals surface area (Å²) < 4.78 is 0. The lowest BCUT2D eigenvalue weighted by Crippen LogP contribution is -1.72. The van der Waals surface area contributed by atoms with Gasteiger partial charge < -0.3 is 9.97 Å². The molecule has 1 radical (unpaired) electrons. The Hall–Kier alpha value is -2.74. The van der Waals surface area contributed by atoms with E-state index in [9.17, 15) is 0 Å². The molecule has 0 aliphatic rings. The Labute approximate surface area is 115 Å². The second-order valence-electron chi connectivity index (χ2n) is 5.17. The van der Waals surface area contributed by atoms with E-state index in [1.807, 2.05) is 12.1 Å². The zero-order chi connectivity index (χ0) is 13.1. The van der Waals surface area contributed by atoms with E-state index in [1.165, 1.54) is 32.6 Å². The van der Waals surface area contributed by atoms with Gasteiger partial charge in [-0.15, -0.1) is 0 Å². The minimum absolute atomic E-state index is 1.06. The van der Waals surface area contributed by atoms with Crippen LogP contribution in [0, 0.1) is 6.07 Å². The first-order valence-corrected chi connectivity index (χ1v) is 6.73. The summed E-state index contributed by atoms with van der Waals surface area (Å²) in [4.78, 5) is 7.03. The number of benzene rings is 3. The van der Waals surface area contributed by atoms with Crippen molar-refractivity contribution < 1.29 is 0 Å². The Morgan fingerprint density at radius 3 is 2.35 bits per heavy atom. The Morgan fingerprint density at radius 1 is 0.650 bits per heavy atom. The van der Waals surface area contributed by atoms with Crippen molar-refractivity contribution in [1.29, 1.82) is 0 Å². The molecule has 0 amide bonds. The normalized spacial score (nSPS) is 12.0. The molecule has 0 saturated carbocycles.